The zero-order chi connectivity index (χ0) is 22.7. The number of esters is 1. The lowest BCUT2D eigenvalue weighted by molar-refractivity contribution is 0.0279. The van der Waals surface area contributed by atoms with Crippen LogP contribution in [0, 0.1) is 6.92 Å². The Balaban J connectivity index is 1.78. The normalized spacial score (nSPS) is 11.8. The summed E-state index contributed by atoms with van der Waals surface area (Å²) in [5.41, 5.74) is 4.15. The summed E-state index contributed by atoms with van der Waals surface area (Å²) in [6.45, 7) is 3.79. The Morgan fingerprint density at radius 2 is 1.62 bits per heavy atom. The van der Waals surface area contributed by atoms with Crippen molar-refractivity contribution in [3.8, 4) is 11.3 Å². The van der Waals surface area contributed by atoms with Crippen molar-refractivity contribution in [2.45, 2.75) is 26.4 Å². The number of carbonyl (C=O) groups excluding carboxylic acids is 2. The molecule has 4 nitrogen and oxygen atoms in total. The smallest absolute Gasteiger partial charge is 0.339 e. The van der Waals surface area contributed by atoms with Crippen molar-refractivity contribution in [2.75, 3.05) is 0 Å². The van der Waals surface area contributed by atoms with E-state index in [1.807, 2.05) is 62.4 Å². The van der Waals surface area contributed by atoms with Crippen LogP contribution in [0.2, 0.25) is 0 Å². The SMILES string of the molecule is CC[C@@H](OC(=O)c1cc(-c2ccccc2)nc2c(C)cc(Br)cc12)C(=O)c1ccccc1. The Kier molecular flexibility index (Phi) is 6.47. The second-order valence-electron chi connectivity index (χ2n) is 7.57. The number of rotatable bonds is 6. The standard InChI is InChI=1S/C27H22BrNO3/c1-3-24(26(30)19-12-8-5-9-13-19)32-27(31)22-16-23(18-10-6-4-7-11-18)29-25-17(2)14-20(28)15-21(22)25/h4-16,24H,3H2,1-2H3/t24-/m1/s1. The molecule has 160 valence electrons. The molecule has 0 aliphatic heterocycles. The molecule has 1 heterocycles. The summed E-state index contributed by atoms with van der Waals surface area (Å²) in [6.07, 6.45) is -0.474. The average molecular weight is 488 g/mol. The average Bonchev–Trinajstić information content (AvgIpc) is 2.82. The molecule has 4 aromatic rings. The van der Waals surface area contributed by atoms with Crippen molar-refractivity contribution in [2.24, 2.45) is 0 Å². The first-order valence-electron chi connectivity index (χ1n) is 10.4. The minimum absolute atomic E-state index is 0.208. The molecule has 0 amide bonds. The quantitative estimate of drug-likeness (QED) is 0.222. The molecule has 0 bridgehead atoms. The van der Waals surface area contributed by atoms with E-state index >= 15 is 0 Å². The zero-order valence-electron chi connectivity index (χ0n) is 17.8. The summed E-state index contributed by atoms with van der Waals surface area (Å²) in [4.78, 5) is 31.1. The number of aryl methyl sites for hydroxylation is 1. The summed E-state index contributed by atoms with van der Waals surface area (Å²) >= 11 is 3.51. The molecule has 0 N–H and O–H groups in total. The molecule has 0 unspecified atom stereocenters. The van der Waals surface area contributed by atoms with Crippen molar-refractivity contribution >= 4 is 38.6 Å². The number of fused-ring (bicyclic) bond motifs is 1. The molecular weight excluding hydrogens is 466 g/mol. The van der Waals surface area contributed by atoms with Gasteiger partial charge in [-0.15, -0.1) is 0 Å². The molecule has 3 aromatic carbocycles. The fourth-order valence-corrected chi connectivity index (χ4v) is 4.26. The summed E-state index contributed by atoms with van der Waals surface area (Å²) < 4.78 is 6.59. The number of aromatic nitrogens is 1. The van der Waals surface area contributed by atoms with Crippen LogP contribution >= 0.6 is 15.9 Å². The van der Waals surface area contributed by atoms with E-state index in [0.29, 0.717) is 28.6 Å². The highest BCUT2D eigenvalue weighted by atomic mass is 79.9. The van der Waals surface area contributed by atoms with Gasteiger partial charge >= 0.3 is 5.97 Å². The van der Waals surface area contributed by atoms with Crippen LogP contribution in [-0.2, 0) is 4.74 Å². The predicted molar refractivity (Wildman–Crippen MR) is 130 cm³/mol. The number of halogens is 1. The van der Waals surface area contributed by atoms with Crippen LogP contribution in [0.4, 0.5) is 0 Å². The van der Waals surface area contributed by atoms with Gasteiger partial charge in [0.25, 0.3) is 0 Å². The molecule has 0 radical (unpaired) electrons. The molecule has 0 fully saturated rings. The Hall–Kier alpha value is -3.31. The van der Waals surface area contributed by atoms with Crippen LogP contribution in [0.15, 0.2) is 83.3 Å². The summed E-state index contributed by atoms with van der Waals surface area (Å²) in [5, 5.41) is 0.684. The molecular formula is C27H22BrNO3. The first-order chi connectivity index (χ1) is 15.5. The van der Waals surface area contributed by atoms with Gasteiger partial charge in [0.2, 0.25) is 5.78 Å². The van der Waals surface area contributed by atoms with Gasteiger partial charge in [0, 0.05) is 21.0 Å². The van der Waals surface area contributed by atoms with Gasteiger partial charge in [-0.3, -0.25) is 4.79 Å². The number of hydrogen-bond donors (Lipinski definition) is 0. The molecule has 0 spiro atoms. The fraction of sp³-hybridized carbons (Fsp3) is 0.148. The maximum atomic E-state index is 13.4. The number of Topliss-reactive ketones (excluding diaryl/α,β-unsaturated/α-hetero) is 1. The minimum atomic E-state index is -0.860. The number of hydrogen-bond acceptors (Lipinski definition) is 4. The molecule has 1 aromatic heterocycles. The second-order valence-corrected chi connectivity index (χ2v) is 8.49. The van der Waals surface area contributed by atoms with Crippen LogP contribution < -0.4 is 0 Å². The number of ether oxygens (including phenoxy) is 1. The van der Waals surface area contributed by atoms with Crippen molar-refractivity contribution in [1.82, 2.24) is 4.98 Å². The van der Waals surface area contributed by atoms with Gasteiger partial charge in [-0.25, -0.2) is 9.78 Å². The van der Waals surface area contributed by atoms with Crippen LogP contribution in [0.1, 0.15) is 39.6 Å². The number of nitrogens with zero attached hydrogens (tertiary/aromatic N) is 1. The van der Waals surface area contributed by atoms with E-state index in [-0.39, 0.29) is 5.78 Å². The fourth-order valence-electron chi connectivity index (χ4n) is 3.69. The van der Waals surface area contributed by atoms with Crippen LogP contribution in [0.3, 0.4) is 0 Å². The van der Waals surface area contributed by atoms with E-state index in [4.69, 9.17) is 9.72 Å². The minimum Gasteiger partial charge on any atom is -0.450 e. The maximum absolute atomic E-state index is 13.4. The molecule has 0 saturated carbocycles. The maximum Gasteiger partial charge on any atom is 0.339 e. The molecule has 1 atom stereocenters. The van der Waals surface area contributed by atoms with Gasteiger partial charge in [-0.05, 0) is 37.1 Å². The largest absolute Gasteiger partial charge is 0.450 e. The number of benzene rings is 3. The van der Waals surface area contributed by atoms with Crippen LogP contribution in [0.25, 0.3) is 22.2 Å². The van der Waals surface area contributed by atoms with Gasteiger partial charge in [0.1, 0.15) is 0 Å². The Labute approximate surface area is 195 Å². The first kappa shape index (κ1) is 21.9. The Bertz CT molecular complexity index is 1290. The number of pyridine rings is 1. The zero-order valence-corrected chi connectivity index (χ0v) is 19.4. The highest BCUT2D eigenvalue weighted by Crippen LogP contribution is 2.30. The van der Waals surface area contributed by atoms with Crippen LogP contribution in [0.5, 0.6) is 0 Å². The van der Waals surface area contributed by atoms with E-state index in [1.54, 1.807) is 30.3 Å². The van der Waals surface area contributed by atoms with E-state index in [0.717, 1.165) is 21.1 Å². The van der Waals surface area contributed by atoms with Gasteiger partial charge in [0.15, 0.2) is 6.10 Å². The third-order valence-electron chi connectivity index (χ3n) is 5.33. The molecule has 0 aliphatic carbocycles. The van der Waals surface area contributed by atoms with Crippen LogP contribution in [-0.4, -0.2) is 22.8 Å². The molecule has 4 rings (SSSR count). The Morgan fingerprint density at radius 3 is 2.28 bits per heavy atom. The van der Waals surface area contributed by atoms with E-state index in [1.165, 1.54) is 0 Å². The number of ketones is 1. The van der Waals surface area contributed by atoms with E-state index in [2.05, 4.69) is 15.9 Å². The van der Waals surface area contributed by atoms with Crippen molar-refractivity contribution in [3.05, 3.63) is 100 Å². The van der Waals surface area contributed by atoms with Crippen molar-refractivity contribution in [3.63, 3.8) is 0 Å². The first-order valence-corrected chi connectivity index (χ1v) is 11.2. The highest BCUT2D eigenvalue weighted by Gasteiger charge is 2.25. The lowest BCUT2D eigenvalue weighted by atomic mass is 10.0. The van der Waals surface area contributed by atoms with Gasteiger partial charge < -0.3 is 4.74 Å². The summed E-state index contributed by atoms with van der Waals surface area (Å²) in [5.74, 6) is -0.747. The lowest BCUT2D eigenvalue weighted by Crippen LogP contribution is -2.27. The second kappa shape index (κ2) is 9.45. The van der Waals surface area contributed by atoms with E-state index in [9.17, 15) is 9.59 Å². The third kappa shape index (κ3) is 4.48. The molecule has 5 heteroatoms. The summed E-state index contributed by atoms with van der Waals surface area (Å²) in [6, 6.07) is 24.2. The topological polar surface area (TPSA) is 56.3 Å². The molecule has 32 heavy (non-hydrogen) atoms. The molecule has 0 saturated heterocycles. The van der Waals surface area contributed by atoms with Crippen molar-refractivity contribution < 1.29 is 14.3 Å². The predicted octanol–water partition coefficient (Wildman–Crippen LogP) is 6.79. The lowest BCUT2D eigenvalue weighted by Gasteiger charge is -2.17. The van der Waals surface area contributed by atoms with Crippen molar-refractivity contribution in [1.29, 1.82) is 0 Å². The number of carbonyl (C=O) groups is 2. The van der Waals surface area contributed by atoms with Gasteiger partial charge in [-0.2, -0.15) is 0 Å². The summed E-state index contributed by atoms with van der Waals surface area (Å²) in [7, 11) is 0. The highest BCUT2D eigenvalue weighted by molar-refractivity contribution is 9.10. The third-order valence-corrected chi connectivity index (χ3v) is 5.79. The molecule has 0 aliphatic rings. The van der Waals surface area contributed by atoms with Gasteiger partial charge in [-0.1, -0.05) is 83.5 Å². The van der Waals surface area contributed by atoms with Gasteiger partial charge in [0.05, 0.1) is 16.8 Å². The monoisotopic (exact) mass is 487 g/mol. The Morgan fingerprint density at radius 1 is 0.969 bits per heavy atom. The van der Waals surface area contributed by atoms with E-state index < -0.39 is 12.1 Å².